The molecule has 0 radical (unpaired) electrons. The Labute approximate surface area is 151 Å². The predicted octanol–water partition coefficient (Wildman–Crippen LogP) is 4.17. The van der Waals surface area contributed by atoms with Crippen molar-refractivity contribution >= 4 is 29.0 Å². The fraction of sp³-hybridized carbons (Fsp3) is 0.444. The molecule has 0 aliphatic heterocycles. The third-order valence-electron chi connectivity index (χ3n) is 4.62. The maximum absolute atomic E-state index is 12.7. The predicted molar refractivity (Wildman–Crippen MR) is 101 cm³/mol. The van der Waals surface area contributed by atoms with E-state index < -0.39 is 0 Å². The van der Waals surface area contributed by atoms with Gasteiger partial charge in [0.1, 0.15) is 16.5 Å². The first kappa shape index (κ1) is 17.3. The second-order valence-corrected chi connectivity index (χ2v) is 8.00. The highest BCUT2D eigenvalue weighted by atomic mass is 32.2. The van der Waals surface area contributed by atoms with Gasteiger partial charge < -0.3 is 9.64 Å². The van der Waals surface area contributed by atoms with E-state index in [9.17, 15) is 4.79 Å². The number of amides is 1. The van der Waals surface area contributed by atoms with Gasteiger partial charge in [0.2, 0.25) is 0 Å². The number of nitrogens with zero attached hydrogens (tertiary/aromatic N) is 2. The van der Waals surface area contributed by atoms with Crippen molar-refractivity contribution in [1.29, 1.82) is 0 Å². The average Bonchev–Trinajstić information content (AvgIpc) is 3.30. The number of hydrogen-bond donors (Lipinski definition) is 0. The lowest BCUT2D eigenvalue weighted by Crippen LogP contribution is -2.35. The third-order valence-corrected chi connectivity index (χ3v) is 6.60. The summed E-state index contributed by atoms with van der Waals surface area (Å²) in [5.74, 6) is 0.841. The van der Waals surface area contributed by atoms with Crippen LogP contribution in [0.3, 0.4) is 0 Å². The van der Waals surface area contributed by atoms with Crippen LogP contribution in [0.4, 0.5) is 0 Å². The van der Waals surface area contributed by atoms with E-state index in [1.54, 1.807) is 7.11 Å². The van der Waals surface area contributed by atoms with Crippen LogP contribution in [0.5, 0.6) is 5.75 Å². The molecule has 0 bridgehead atoms. The Morgan fingerprint density at radius 2 is 2.08 bits per heavy atom. The Balaban J connectivity index is 1.71. The summed E-state index contributed by atoms with van der Waals surface area (Å²) in [6.07, 6.45) is 5.51. The summed E-state index contributed by atoms with van der Waals surface area (Å²) in [4.78, 5) is 19.1. The summed E-state index contributed by atoms with van der Waals surface area (Å²) < 4.78 is 5.18. The molecule has 1 aliphatic carbocycles. The van der Waals surface area contributed by atoms with Crippen molar-refractivity contribution in [2.45, 2.75) is 30.6 Å². The Bertz CT molecular complexity index is 699. The summed E-state index contributed by atoms with van der Waals surface area (Å²) >= 11 is 3.41. The number of aromatic nitrogens is 1. The number of carbonyl (C=O) groups is 1. The van der Waals surface area contributed by atoms with Gasteiger partial charge in [-0.15, -0.1) is 11.3 Å². The number of methoxy groups -OCH3 is 1. The number of hydrogen-bond acceptors (Lipinski definition) is 5. The van der Waals surface area contributed by atoms with Crippen LogP contribution in [0.2, 0.25) is 0 Å². The molecule has 1 saturated carbocycles. The molecule has 1 fully saturated rings. The highest BCUT2D eigenvalue weighted by Crippen LogP contribution is 2.32. The number of thioether (sulfide) groups is 1. The van der Waals surface area contributed by atoms with E-state index in [1.807, 2.05) is 53.4 Å². The minimum atomic E-state index is 0.0257. The summed E-state index contributed by atoms with van der Waals surface area (Å²) in [7, 11) is 3.55. The van der Waals surface area contributed by atoms with Crippen LogP contribution in [0, 0.1) is 0 Å². The maximum atomic E-state index is 12.7. The van der Waals surface area contributed by atoms with Crippen LogP contribution in [-0.2, 0) is 0 Å². The van der Waals surface area contributed by atoms with Gasteiger partial charge in [-0.25, -0.2) is 4.98 Å². The van der Waals surface area contributed by atoms with E-state index >= 15 is 0 Å². The smallest absolute Gasteiger partial charge is 0.273 e. The Morgan fingerprint density at radius 3 is 2.71 bits per heavy atom. The third kappa shape index (κ3) is 3.59. The zero-order chi connectivity index (χ0) is 17.1. The molecule has 2 aromatic rings. The van der Waals surface area contributed by atoms with Gasteiger partial charge >= 0.3 is 0 Å². The van der Waals surface area contributed by atoms with Gasteiger partial charge in [-0.2, -0.15) is 11.8 Å². The molecule has 3 rings (SSSR count). The summed E-state index contributed by atoms with van der Waals surface area (Å²) in [6.45, 7) is 0. The maximum Gasteiger partial charge on any atom is 0.273 e. The first-order valence-corrected chi connectivity index (χ1v) is 10.2. The molecule has 128 valence electrons. The first-order chi connectivity index (χ1) is 11.6. The lowest BCUT2D eigenvalue weighted by Gasteiger charge is -2.23. The topological polar surface area (TPSA) is 42.4 Å². The van der Waals surface area contributed by atoms with Crippen LogP contribution in [0.25, 0.3) is 10.6 Å². The molecule has 4 nitrogen and oxygen atoms in total. The van der Waals surface area contributed by atoms with E-state index in [-0.39, 0.29) is 5.91 Å². The SMILES string of the molecule is COc1ccc(-c2nc(C(=O)N(C)C3CCC(SC)C3)cs2)cc1. The Hall–Kier alpha value is -1.53. The van der Waals surface area contributed by atoms with Gasteiger partial charge in [0, 0.05) is 29.3 Å². The van der Waals surface area contributed by atoms with Gasteiger partial charge in [-0.1, -0.05) is 0 Å². The zero-order valence-corrected chi connectivity index (χ0v) is 15.8. The molecule has 24 heavy (non-hydrogen) atoms. The zero-order valence-electron chi connectivity index (χ0n) is 14.2. The van der Waals surface area contributed by atoms with Gasteiger partial charge in [-0.3, -0.25) is 4.79 Å². The van der Waals surface area contributed by atoms with E-state index in [1.165, 1.54) is 17.8 Å². The molecule has 0 saturated heterocycles. The van der Waals surface area contributed by atoms with Crippen molar-refractivity contribution in [1.82, 2.24) is 9.88 Å². The highest BCUT2D eigenvalue weighted by Gasteiger charge is 2.30. The Kier molecular flexibility index (Phi) is 5.46. The van der Waals surface area contributed by atoms with Crippen molar-refractivity contribution in [3.05, 3.63) is 35.3 Å². The van der Waals surface area contributed by atoms with Crippen LogP contribution in [0.1, 0.15) is 29.8 Å². The summed E-state index contributed by atoms with van der Waals surface area (Å²) in [5, 5.41) is 3.40. The number of benzene rings is 1. The summed E-state index contributed by atoms with van der Waals surface area (Å²) in [5.41, 5.74) is 1.55. The molecule has 1 aliphatic rings. The standard InChI is InChI=1S/C18H22N2O2S2/c1-20(13-6-9-15(10-13)23-3)18(21)16-11-24-17(19-16)12-4-7-14(22-2)8-5-12/h4-5,7-8,11,13,15H,6,9-10H2,1-3H3. The quantitative estimate of drug-likeness (QED) is 0.800. The molecule has 1 amide bonds. The first-order valence-electron chi connectivity index (χ1n) is 8.02. The fourth-order valence-electron chi connectivity index (χ4n) is 3.07. The van der Waals surface area contributed by atoms with E-state index in [2.05, 4.69) is 11.2 Å². The van der Waals surface area contributed by atoms with Gasteiger partial charge in [0.15, 0.2) is 0 Å². The fourth-order valence-corrected chi connectivity index (χ4v) is 4.65. The molecular weight excluding hydrogens is 340 g/mol. The molecule has 1 heterocycles. The lowest BCUT2D eigenvalue weighted by atomic mass is 10.2. The van der Waals surface area contributed by atoms with Crippen molar-refractivity contribution in [3.8, 4) is 16.3 Å². The van der Waals surface area contributed by atoms with Crippen molar-refractivity contribution in [3.63, 3.8) is 0 Å². The molecule has 1 aromatic carbocycles. The molecular formula is C18H22N2O2S2. The number of thiazole rings is 1. The largest absolute Gasteiger partial charge is 0.497 e. The monoisotopic (exact) mass is 362 g/mol. The van der Waals surface area contributed by atoms with Crippen molar-refractivity contribution < 1.29 is 9.53 Å². The van der Waals surface area contributed by atoms with Crippen molar-refractivity contribution in [2.75, 3.05) is 20.4 Å². The highest BCUT2D eigenvalue weighted by molar-refractivity contribution is 7.99. The number of ether oxygens (including phenoxy) is 1. The molecule has 2 unspecified atom stereocenters. The van der Waals surface area contributed by atoms with Crippen LogP contribution in [0.15, 0.2) is 29.6 Å². The van der Waals surface area contributed by atoms with E-state index in [0.29, 0.717) is 17.0 Å². The molecule has 6 heteroatoms. The van der Waals surface area contributed by atoms with Crippen LogP contribution < -0.4 is 4.74 Å². The molecule has 0 spiro atoms. The lowest BCUT2D eigenvalue weighted by molar-refractivity contribution is 0.0730. The van der Waals surface area contributed by atoms with Gasteiger partial charge in [-0.05, 0) is 49.8 Å². The Morgan fingerprint density at radius 1 is 1.33 bits per heavy atom. The second-order valence-electron chi connectivity index (χ2n) is 6.01. The second kappa shape index (κ2) is 7.57. The average molecular weight is 363 g/mol. The molecule has 1 aromatic heterocycles. The van der Waals surface area contributed by atoms with Crippen LogP contribution >= 0.6 is 23.1 Å². The minimum absolute atomic E-state index is 0.0257. The molecule has 0 N–H and O–H groups in total. The minimum Gasteiger partial charge on any atom is -0.497 e. The summed E-state index contributed by atoms with van der Waals surface area (Å²) in [6, 6.07) is 8.09. The van der Waals surface area contributed by atoms with E-state index in [0.717, 1.165) is 29.2 Å². The molecule has 2 atom stereocenters. The van der Waals surface area contributed by atoms with Crippen molar-refractivity contribution in [2.24, 2.45) is 0 Å². The van der Waals surface area contributed by atoms with Crippen LogP contribution in [-0.4, -0.2) is 47.5 Å². The normalized spacial score (nSPS) is 20.1. The number of carbonyl (C=O) groups excluding carboxylic acids is 1. The number of rotatable bonds is 5. The van der Waals surface area contributed by atoms with Gasteiger partial charge in [0.05, 0.1) is 7.11 Å². The van der Waals surface area contributed by atoms with E-state index in [4.69, 9.17) is 4.74 Å². The van der Waals surface area contributed by atoms with Gasteiger partial charge in [0.25, 0.3) is 5.91 Å².